The number of rotatable bonds is 12. The third-order valence-electron chi connectivity index (χ3n) is 4.82. The van der Waals surface area contributed by atoms with Crippen LogP contribution in [0.4, 0.5) is 0 Å². The Morgan fingerprint density at radius 3 is 2.38 bits per heavy atom. The van der Waals surface area contributed by atoms with E-state index in [2.05, 4.69) is 43.9 Å². The van der Waals surface area contributed by atoms with Crippen LogP contribution in [0.25, 0.3) is 0 Å². The van der Waals surface area contributed by atoms with Crippen LogP contribution in [0.15, 0.2) is 12.5 Å². The molecule has 1 aromatic heterocycles. The van der Waals surface area contributed by atoms with Gasteiger partial charge in [0.2, 0.25) is 23.6 Å². The first-order valence-corrected chi connectivity index (χ1v) is 10.6. The predicted molar refractivity (Wildman–Crippen MR) is 114 cm³/mol. The van der Waals surface area contributed by atoms with Gasteiger partial charge in [-0.1, -0.05) is 0 Å². The third kappa shape index (κ3) is 7.53. The van der Waals surface area contributed by atoms with E-state index in [0.29, 0.717) is 18.7 Å². The van der Waals surface area contributed by atoms with Gasteiger partial charge in [0.25, 0.3) is 0 Å². The second-order valence-electron chi connectivity index (χ2n) is 7.30. The van der Waals surface area contributed by atoms with Crippen LogP contribution in [0.3, 0.4) is 0 Å². The molecule has 0 spiro atoms. The fraction of sp³-hybridized carbons (Fsp3) is 0.556. The molecule has 176 valence electrons. The van der Waals surface area contributed by atoms with Gasteiger partial charge >= 0.3 is 5.97 Å². The number of nitrogens with zero attached hydrogens (tertiary/aromatic N) is 1. The van der Waals surface area contributed by atoms with Gasteiger partial charge < -0.3 is 37.1 Å². The van der Waals surface area contributed by atoms with Crippen molar-refractivity contribution in [1.82, 2.24) is 31.2 Å². The molecular formula is C18H27N7O6S. The molecule has 1 saturated heterocycles. The number of thiol groups is 1. The Balaban J connectivity index is 2.03. The number of H-pyrrole nitrogens is 1. The lowest BCUT2D eigenvalue weighted by atomic mass is 10.1. The molecule has 2 heterocycles. The van der Waals surface area contributed by atoms with Crippen LogP contribution >= 0.6 is 12.6 Å². The molecule has 0 saturated carbocycles. The van der Waals surface area contributed by atoms with E-state index in [9.17, 15) is 29.1 Å². The van der Waals surface area contributed by atoms with Crippen LogP contribution in [0.5, 0.6) is 0 Å². The van der Waals surface area contributed by atoms with Crippen molar-refractivity contribution in [2.45, 2.75) is 49.9 Å². The highest BCUT2D eigenvalue weighted by molar-refractivity contribution is 7.80. The number of imidazole rings is 1. The van der Waals surface area contributed by atoms with Gasteiger partial charge in [0.15, 0.2) is 0 Å². The van der Waals surface area contributed by atoms with E-state index in [1.165, 1.54) is 12.5 Å². The van der Waals surface area contributed by atoms with E-state index in [1.54, 1.807) is 0 Å². The molecule has 1 fully saturated rings. The summed E-state index contributed by atoms with van der Waals surface area (Å²) in [5.74, 6) is -4.31. The van der Waals surface area contributed by atoms with Crippen molar-refractivity contribution in [3.05, 3.63) is 18.2 Å². The molecule has 0 aromatic carbocycles. The lowest BCUT2D eigenvalue weighted by molar-refractivity contribution is -0.142. The maximum atomic E-state index is 12.7. The van der Waals surface area contributed by atoms with Gasteiger partial charge in [0.1, 0.15) is 18.1 Å². The highest BCUT2D eigenvalue weighted by Crippen LogP contribution is 2.06. The molecule has 4 amide bonds. The maximum Gasteiger partial charge on any atom is 0.326 e. The summed E-state index contributed by atoms with van der Waals surface area (Å²) < 4.78 is 0. The van der Waals surface area contributed by atoms with Crippen molar-refractivity contribution in [3.63, 3.8) is 0 Å². The van der Waals surface area contributed by atoms with Crippen LogP contribution in [0.2, 0.25) is 0 Å². The van der Waals surface area contributed by atoms with E-state index < -0.39 is 54.3 Å². The van der Waals surface area contributed by atoms with Crippen molar-refractivity contribution in [2.75, 3.05) is 12.3 Å². The van der Waals surface area contributed by atoms with Gasteiger partial charge in [-0.3, -0.25) is 19.2 Å². The average molecular weight is 470 g/mol. The zero-order valence-electron chi connectivity index (χ0n) is 17.2. The van der Waals surface area contributed by atoms with Crippen LogP contribution in [-0.4, -0.2) is 81.1 Å². The number of carbonyl (C=O) groups excluding carboxylic acids is 4. The molecule has 1 aliphatic heterocycles. The molecule has 4 unspecified atom stereocenters. The van der Waals surface area contributed by atoms with E-state index in [-0.39, 0.29) is 18.1 Å². The summed E-state index contributed by atoms with van der Waals surface area (Å²) in [4.78, 5) is 67.1. The number of carboxylic acids is 1. The third-order valence-corrected chi connectivity index (χ3v) is 5.19. The minimum absolute atomic E-state index is 0.0627. The first-order valence-electron chi connectivity index (χ1n) is 9.95. The number of aromatic amines is 1. The Morgan fingerprint density at radius 1 is 1.16 bits per heavy atom. The second kappa shape index (κ2) is 12.0. The number of hydrogen-bond donors (Lipinski definition) is 8. The van der Waals surface area contributed by atoms with Gasteiger partial charge in [-0.25, -0.2) is 9.78 Å². The average Bonchev–Trinajstić information content (AvgIpc) is 3.44. The number of aliphatic carboxylic acids is 1. The zero-order valence-corrected chi connectivity index (χ0v) is 18.1. The number of aromatic nitrogens is 2. The summed E-state index contributed by atoms with van der Waals surface area (Å²) in [5, 5.41) is 19.6. The van der Waals surface area contributed by atoms with E-state index >= 15 is 0 Å². The van der Waals surface area contributed by atoms with Crippen molar-refractivity contribution in [2.24, 2.45) is 5.73 Å². The smallest absolute Gasteiger partial charge is 0.326 e. The molecule has 1 aromatic rings. The summed E-state index contributed by atoms with van der Waals surface area (Å²) in [6, 6.07) is -4.28. The Kier molecular flexibility index (Phi) is 9.46. The SMILES string of the molecule is NC(=O)CC(NC(=O)C(CS)NC(=O)C1CCCN1)C(=O)NC(Cc1cnc[nH]1)C(=O)O. The number of hydrogen-bond acceptors (Lipinski definition) is 8. The maximum absolute atomic E-state index is 12.7. The molecule has 0 aliphatic carbocycles. The van der Waals surface area contributed by atoms with Crippen molar-refractivity contribution < 1.29 is 29.1 Å². The Bertz CT molecular complexity index is 828. The first kappa shape index (κ1) is 25.1. The van der Waals surface area contributed by atoms with Gasteiger partial charge in [0.05, 0.1) is 18.8 Å². The van der Waals surface area contributed by atoms with Crippen molar-refractivity contribution >= 4 is 42.2 Å². The van der Waals surface area contributed by atoms with Gasteiger partial charge in [-0.05, 0) is 19.4 Å². The molecule has 32 heavy (non-hydrogen) atoms. The quantitative estimate of drug-likeness (QED) is 0.148. The molecule has 0 bridgehead atoms. The molecular weight excluding hydrogens is 442 g/mol. The lowest BCUT2D eigenvalue weighted by Crippen LogP contribution is -2.58. The standard InChI is InChI=1S/C18H27N7O6S/c19-14(26)5-11(16(28)24-12(18(30)31)4-9-6-20-8-22-9)23-17(29)13(7-32)25-15(27)10-2-1-3-21-10/h6,8,10-13,21,32H,1-5,7H2,(H2,19,26)(H,20,22)(H,23,29)(H,24,28)(H,25,27)(H,30,31). The summed E-state index contributed by atoms with van der Waals surface area (Å²) in [7, 11) is 0. The molecule has 14 heteroatoms. The largest absolute Gasteiger partial charge is 0.480 e. The molecule has 0 radical (unpaired) electrons. The van der Waals surface area contributed by atoms with Gasteiger partial charge in [-0.15, -0.1) is 0 Å². The fourth-order valence-electron chi connectivity index (χ4n) is 3.15. The molecule has 2 rings (SSSR count). The zero-order chi connectivity index (χ0) is 23.7. The molecule has 4 atom stereocenters. The van der Waals surface area contributed by atoms with Crippen LogP contribution in [0.1, 0.15) is 25.0 Å². The number of nitrogens with two attached hydrogens (primary N) is 1. The summed E-state index contributed by atoms with van der Waals surface area (Å²) >= 11 is 4.07. The summed E-state index contributed by atoms with van der Waals surface area (Å²) in [6.45, 7) is 0.694. The van der Waals surface area contributed by atoms with Crippen LogP contribution in [0, 0.1) is 0 Å². The molecule has 13 nitrogen and oxygen atoms in total. The Labute approximate surface area is 189 Å². The van der Waals surface area contributed by atoms with E-state index in [4.69, 9.17) is 5.73 Å². The molecule has 8 N–H and O–H groups in total. The summed E-state index contributed by atoms with van der Waals surface area (Å²) in [5.41, 5.74) is 5.65. The van der Waals surface area contributed by atoms with E-state index in [0.717, 1.165) is 6.42 Å². The number of carbonyl (C=O) groups is 5. The fourth-order valence-corrected chi connectivity index (χ4v) is 3.40. The van der Waals surface area contributed by atoms with Crippen molar-refractivity contribution in [1.29, 1.82) is 0 Å². The van der Waals surface area contributed by atoms with Crippen molar-refractivity contribution in [3.8, 4) is 0 Å². The minimum Gasteiger partial charge on any atom is -0.480 e. The number of nitrogens with one attached hydrogen (secondary N) is 5. The minimum atomic E-state index is -1.44. The van der Waals surface area contributed by atoms with Gasteiger partial charge in [-0.2, -0.15) is 12.6 Å². The normalized spacial score (nSPS) is 18.2. The predicted octanol–water partition coefficient (Wildman–Crippen LogP) is -2.95. The highest BCUT2D eigenvalue weighted by Gasteiger charge is 2.31. The van der Waals surface area contributed by atoms with Crippen LogP contribution < -0.4 is 27.0 Å². The number of amides is 4. The number of primary amides is 1. The number of carboxylic acid groups (broad SMARTS) is 1. The monoisotopic (exact) mass is 469 g/mol. The highest BCUT2D eigenvalue weighted by atomic mass is 32.1. The lowest BCUT2D eigenvalue weighted by Gasteiger charge is -2.24. The Hall–Kier alpha value is -3.13. The van der Waals surface area contributed by atoms with E-state index in [1.807, 2.05) is 0 Å². The Morgan fingerprint density at radius 2 is 1.84 bits per heavy atom. The summed E-state index contributed by atoms with van der Waals surface area (Å²) in [6.07, 6.45) is 3.57. The first-order chi connectivity index (χ1) is 15.2. The van der Waals surface area contributed by atoms with Gasteiger partial charge in [0, 0.05) is 24.1 Å². The second-order valence-corrected chi connectivity index (χ2v) is 7.67. The topological polar surface area (TPSA) is 208 Å². The van der Waals surface area contributed by atoms with Crippen LogP contribution in [-0.2, 0) is 30.4 Å². The molecule has 1 aliphatic rings.